The Bertz CT molecular complexity index is 608. The fourth-order valence-corrected chi connectivity index (χ4v) is 2.60. The first-order chi connectivity index (χ1) is 10.3. The van der Waals surface area contributed by atoms with E-state index in [0.717, 1.165) is 24.5 Å². The molecular formula is C18H21FN2. The Labute approximate surface area is 125 Å². The summed E-state index contributed by atoms with van der Waals surface area (Å²) in [5, 5.41) is 3.55. The largest absolute Gasteiger partial charge is 0.341 e. The van der Waals surface area contributed by atoms with E-state index in [-0.39, 0.29) is 5.82 Å². The van der Waals surface area contributed by atoms with Gasteiger partial charge in [-0.2, -0.15) is 0 Å². The maximum atomic E-state index is 13.5. The summed E-state index contributed by atoms with van der Waals surface area (Å²) >= 11 is 0. The van der Waals surface area contributed by atoms with Gasteiger partial charge in [0.15, 0.2) is 0 Å². The third kappa shape index (κ3) is 3.42. The van der Waals surface area contributed by atoms with Crippen LogP contribution in [0.15, 0.2) is 48.5 Å². The standard InChI is InChI=1S/C18H21FN2/c1-2-21(17-8-5-7-15(19)12-17)18-9-4-3-6-14(18)13-20-16-10-11-16/h3-9,12,16,20H,2,10-11,13H2,1H3. The monoisotopic (exact) mass is 284 g/mol. The molecule has 0 spiro atoms. The van der Waals surface area contributed by atoms with E-state index in [1.807, 2.05) is 12.1 Å². The van der Waals surface area contributed by atoms with Crippen molar-refractivity contribution in [1.82, 2.24) is 5.32 Å². The summed E-state index contributed by atoms with van der Waals surface area (Å²) in [6.07, 6.45) is 2.56. The molecule has 1 fully saturated rings. The molecule has 1 N–H and O–H groups in total. The molecule has 0 atom stereocenters. The molecule has 0 amide bonds. The molecule has 3 heteroatoms. The van der Waals surface area contributed by atoms with E-state index in [2.05, 4.69) is 35.3 Å². The minimum atomic E-state index is -0.195. The van der Waals surface area contributed by atoms with Crippen molar-refractivity contribution in [2.24, 2.45) is 0 Å². The summed E-state index contributed by atoms with van der Waals surface area (Å²) in [6.45, 7) is 3.77. The minimum Gasteiger partial charge on any atom is -0.341 e. The highest BCUT2D eigenvalue weighted by Gasteiger charge is 2.21. The number of nitrogens with one attached hydrogen (secondary N) is 1. The summed E-state index contributed by atoms with van der Waals surface area (Å²) < 4.78 is 13.5. The maximum absolute atomic E-state index is 13.5. The summed E-state index contributed by atoms with van der Waals surface area (Å²) in [5.41, 5.74) is 3.31. The van der Waals surface area contributed by atoms with E-state index in [1.54, 1.807) is 12.1 Å². The van der Waals surface area contributed by atoms with Crippen molar-refractivity contribution >= 4 is 11.4 Å². The number of benzene rings is 2. The number of halogens is 1. The Morgan fingerprint density at radius 1 is 1.14 bits per heavy atom. The number of nitrogens with zero attached hydrogens (tertiary/aromatic N) is 1. The topological polar surface area (TPSA) is 15.3 Å². The zero-order valence-electron chi connectivity index (χ0n) is 12.3. The van der Waals surface area contributed by atoms with Gasteiger partial charge in [0.25, 0.3) is 0 Å². The van der Waals surface area contributed by atoms with Gasteiger partial charge in [-0.05, 0) is 49.6 Å². The fraction of sp³-hybridized carbons (Fsp3) is 0.333. The van der Waals surface area contributed by atoms with Gasteiger partial charge in [-0.3, -0.25) is 0 Å². The van der Waals surface area contributed by atoms with E-state index in [0.29, 0.717) is 6.04 Å². The van der Waals surface area contributed by atoms with Gasteiger partial charge in [0.1, 0.15) is 5.82 Å². The lowest BCUT2D eigenvalue weighted by Gasteiger charge is -2.26. The van der Waals surface area contributed by atoms with Crippen molar-refractivity contribution in [2.45, 2.75) is 32.4 Å². The number of para-hydroxylation sites is 1. The van der Waals surface area contributed by atoms with Crippen LogP contribution < -0.4 is 10.2 Å². The highest BCUT2D eigenvalue weighted by atomic mass is 19.1. The van der Waals surface area contributed by atoms with E-state index in [9.17, 15) is 4.39 Å². The average molecular weight is 284 g/mol. The molecule has 0 heterocycles. The molecule has 0 aliphatic heterocycles. The van der Waals surface area contributed by atoms with Crippen molar-refractivity contribution in [2.75, 3.05) is 11.4 Å². The molecular weight excluding hydrogens is 263 g/mol. The van der Waals surface area contributed by atoms with Crippen molar-refractivity contribution in [1.29, 1.82) is 0 Å². The first-order valence-electron chi connectivity index (χ1n) is 7.62. The molecule has 1 saturated carbocycles. The maximum Gasteiger partial charge on any atom is 0.125 e. The summed E-state index contributed by atoms with van der Waals surface area (Å²) in [5.74, 6) is -0.195. The molecule has 21 heavy (non-hydrogen) atoms. The van der Waals surface area contributed by atoms with Crippen molar-refractivity contribution in [3.05, 3.63) is 59.9 Å². The molecule has 0 saturated heterocycles. The fourth-order valence-electron chi connectivity index (χ4n) is 2.60. The van der Waals surface area contributed by atoms with Crippen LogP contribution in [0.25, 0.3) is 0 Å². The van der Waals surface area contributed by atoms with Crippen LogP contribution in [0.4, 0.5) is 15.8 Å². The van der Waals surface area contributed by atoms with Crippen LogP contribution in [0.5, 0.6) is 0 Å². The van der Waals surface area contributed by atoms with E-state index in [1.165, 1.54) is 24.5 Å². The second-order valence-corrected chi connectivity index (χ2v) is 5.51. The van der Waals surface area contributed by atoms with Crippen molar-refractivity contribution < 1.29 is 4.39 Å². The molecule has 0 aromatic heterocycles. The van der Waals surface area contributed by atoms with Gasteiger partial charge < -0.3 is 10.2 Å². The van der Waals surface area contributed by atoms with Gasteiger partial charge in [-0.1, -0.05) is 24.3 Å². The lowest BCUT2D eigenvalue weighted by molar-refractivity contribution is 0.627. The third-order valence-corrected chi connectivity index (χ3v) is 3.88. The summed E-state index contributed by atoms with van der Waals surface area (Å²) in [4.78, 5) is 2.16. The summed E-state index contributed by atoms with van der Waals surface area (Å²) in [7, 11) is 0. The zero-order chi connectivity index (χ0) is 14.7. The predicted molar refractivity (Wildman–Crippen MR) is 85.4 cm³/mol. The Kier molecular flexibility index (Phi) is 4.20. The van der Waals surface area contributed by atoms with Crippen LogP contribution in [0.3, 0.4) is 0 Å². The van der Waals surface area contributed by atoms with E-state index < -0.39 is 0 Å². The molecule has 1 aliphatic carbocycles. The second-order valence-electron chi connectivity index (χ2n) is 5.51. The smallest absolute Gasteiger partial charge is 0.125 e. The van der Waals surface area contributed by atoms with Crippen LogP contribution in [-0.4, -0.2) is 12.6 Å². The molecule has 0 bridgehead atoms. The first-order valence-corrected chi connectivity index (χ1v) is 7.62. The highest BCUT2D eigenvalue weighted by molar-refractivity contribution is 5.66. The molecule has 0 radical (unpaired) electrons. The number of rotatable bonds is 6. The molecule has 2 aromatic rings. The third-order valence-electron chi connectivity index (χ3n) is 3.88. The highest BCUT2D eigenvalue weighted by Crippen LogP contribution is 2.29. The molecule has 3 rings (SSSR count). The van der Waals surface area contributed by atoms with Gasteiger partial charge >= 0.3 is 0 Å². The van der Waals surface area contributed by atoms with Crippen LogP contribution in [0.1, 0.15) is 25.3 Å². The zero-order valence-corrected chi connectivity index (χ0v) is 12.3. The Balaban J connectivity index is 1.88. The van der Waals surface area contributed by atoms with Crippen LogP contribution >= 0.6 is 0 Å². The molecule has 0 unspecified atom stereocenters. The molecule has 1 aliphatic rings. The van der Waals surface area contributed by atoms with Gasteiger partial charge in [-0.15, -0.1) is 0 Å². The average Bonchev–Trinajstić information content (AvgIpc) is 3.31. The number of hydrogen-bond acceptors (Lipinski definition) is 2. The van der Waals surface area contributed by atoms with Crippen molar-refractivity contribution in [3.63, 3.8) is 0 Å². The van der Waals surface area contributed by atoms with Gasteiger partial charge in [0, 0.05) is 30.5 Å². The van der Waals surface area contributed by atoms with E-state index in [4.69, 9.17) is 0 Å². The lowest BCUT2D eigenvalue weighted by atomic mass is 10.1. The van der Waals surface area contributed by atoms with E-state index >= 15 is 0 Å². The molecule has 2 nitrogen and oxygen atoms in total. The quantitative estimate of drug-likeness (QED) is 0.853. The molecule has 110 valence electrons. The van der Waals surface area contributed by atoms with Crippen molar-refractivity contribution in [3.8, 4) is 0 Å². The number of hydrogen-bond donors (Lipinski definition) is 1. The summed E-state index contributed by atoms with van der Waals surface area (Å²) in [6, 6.07) is 15.8. The lowest BCUT2D eigenvalue weighted by Crippen LogP contribution is -2.21. The Morgan fingerprint density at radius 3 is 2.67 bits per heavy atom. The van der Waals surface area contributed by atoms with Crippen LogP contribution in [0, 0.1) is 5.82 Å². The minimum absolute atomic E-state index is 0.195. The normalized spacial score (nSPS) is 14.2. The first kappa shape index (κ1) is 14.1. The van der Waals surface area contributed by atoms with Gasteiger partial charge in [0.2, 0.25) is 0 Å². The Morgan fingerprint density at radius 2 is 1.95 bits per heavy atom. The van der Waals surface area contributed by atoms with Crippen LogP contribution in [0.2, 0.25) is 0 Å². The Hall–Kier alpha value is -1.87. The van der Waals surface area contributed by atoms with Gasteiger partial charge in [0.05, 0.1) is 0 Å². The van der Waals surface area contributed by atoms with Gasteiger partial charge in [-0.25, -0.2) is 4.39 Å². The predicted octanol–water partition coefficient (Wildman–Crippen LogP) is 4.24. The second kappa shape index (κ2) is 6.27. The molecule has 2 aromatic carbocycles. The van der Waals surface area contributed by atoms with Crippen LogP contribution in [-0.2, 0) is 6.54 Å². The SMILES string of the molecule is CCN(c1cccc(F)c1)c1ccccc1CNC1CC1. The number of anilines is 2.